The Bertz CT molecular complexity index is 628. The molecular formula is C16H18ClN3O. The van der Waals surface area contributed by atoms with Crippen LogP contribution in [0.25, 0.3) is 0 Å². The average Bonchev–Trinajstić information content (AvgIpc) is 2.50. The third kappa shape index (κ3) is 3.34. The van der Waals surface area contributed by atoms with Crippen molar-refractivity contribution in [2.75, 3.05) is 18.5 Å². The van der Waals surface area contributed by atoms with Crippen molar-refractivity contribution in [2.45, 2.75) is 26.4 Å². The molecule has 2 aromatic rings. The summed E-state index contributed by atoms with van der Waals surface area (Å²) in [5.41, 5.74) is 3.37. The van der Waals surface area contributed by atoms with Crippen LogP contribution in [0.4, 0.5) is 5.82 Å². The maximum atomic E-state index is 5.92. The van der Waals surface area contributed by atoms with Crippen LogP contribution in [0.1, 0.15) is 29.6 Å². The molecule has 0 unspecified atom stereocenters. The zero-order valence-corrected chi connectivity index (χ0v) is 12.8. The fourth-order valence-corrected chi connectivity index (χ4v) is 2.59. The molecule has 0 fully saturated rings. The average molecular weight is 304 g/mol. The SMILES string of the molecule is CCNc1nc(Cc2ccc(Cl)cc2)nc2c1COCC2. The Morgan fingerprint density at radius 2 is 2.05 bits per heavy atom. The summed E-state index contributed by atoms with van der Waals surface area (Å²) in [4.78, 5) is 9.37. The quantitative estimate of drug-likeness (QED) is 0.942. The molecule has 1 aliphatic rings. The maximum absolute atomic E-state index is 5.92. The molecule has 0 aliphatic carbocycles. The van der Waals surface area contributed by atoms with Crippen molar-refractivity contribution in [1.82, 2.24) is 9.97 Å². The Morgan fingerprint density at radius 3 is 2.81 bits per heavy atom. The van der Waals surface area contributed by atoms with Crippen LogP contribution in [0.5, 0.6) is 0 Å². The minimum Gasteiger partial charge on any atom is -0.376 e. The number of fused-ring (bicyclic) bond motifs is 1. The first-order chi connectivity index (χ1) is 10.3. The summed E-state index contributed by atoms with van der Waals surface area (Å²) >= 11 is 5.92. The molecule has 0 bridgehead atoms. The second kappa shape index (κ2) is 6.41. The van der Waals surface area contributed by atoms with Crippen molar-refractivity contribution in [2.24, 2.45) is 0 Å². The monoisotopic (exact) mass is 303 g/mol. The van der Waals surface area contributed by atoms with Crippen LogP contribution in [0.2, 0.25) is 5.02 Å². The molecule has 0 radical (unpaired) electrons. The Balaban J connectivity index is 1.91. The minimum atomic E-state index is 0.596. The van der Waals surface area contributed by atoms with Crippen LogP contribution in [-0.4, -0.2) is 23.1 Å². The van der Waals surface area contributed by atoms with Crippen molar-refractivity contribution in [3.63, 3.8) is 0 Å². The first kappa shape index (κ1) is 14.3. The predicted octanol–water partition coefficient (Wildman–Crippen LogP) is 3.23. The summed E-state index contributed by atoms with van der Waals surface area (Å²) < 4.78 is 5.52. The van der Waals surface area contributed by atoms with Gasteiger partial charge in [0.1, 0.15) is 11.6 Å². The fourth-order valence-electron chi connectivity index (χ4n) is 2.46. The number of ether oxygens (including phenoxy) is 1. The van der Waals surface area contributed by atoms with Gasteiger partial charge >= 0.3 is 0 Å². The van der Waals surface area contributed by atoms with Gasteiger partial charge in [0.2, 0.25) is 0 Å². The number of hydrogen-bond donors (Lipinski definition) is 1. The summed E-state index contributed by atoms with van der Waals surface area (Å²) in [5.74, 6) is 1.75. The third-order valence-electron chi connectivity index (χ3n) is 3.49. The van der Waals surface area contributed by atoms with Gasteiger partial charge in [-0.05, 0) is 24.6 Å². The molecule has 3 rings (SSSR count). The molecule has 0 spiro atoms. The zero-order chi connectivity index (χ0) is 14.7. The summed E-state index contributed by atoms with van der Waals surface area (Å²) in [6.45, 7) is 4.23. The first-order valence-corrected chi connectivity index (χ1v) is 7.58. The minimum absolute atomic E-state index is 0.596. The van der Waals surface area contributed by atoms with Crippen LogP contribution in [0.15, 0.2) is 24.3 Å². The van der Waals surface area contributed by atoms with Gasteiger partial charge in [0.15, 0.2) is 0 Å². The Morgan fingerprint density at radius 1 is 1.24 bits per heavy atom. The maximum Gasteiger partial charge on any atom is 0.135 e. The number of anilines is 1. The number of hydrogen-bond acceptors (Lipinski definition) is 4. The summed E-state index contributed by atoms with van der Waals surface area (Å²) in [5, 5.41) is 4.06. The van der Waals surface area contributed by atoms with Gasteiger partial charge in [-0.1, -0.05) is 23.7 Å². The molecule has 1 aromatic heterocycles. The van der Waals surface area contributed by atoms with E-state index in [0.29, 0.717) is 13.0 Å². The van der Waals surface area contributed by atoms with E-state index in [9.17, 15) is 0 Å². The molecule has 5 heteroatoms. The van der Waals surface area contributed by atoms with E-state index >= 15 is 0 Å². The lowest BCUT2D eigenvalue weighted by molar-refractivity contribution is 0.109. The van der Waals surface area contributed by atoms with E-state index in [2.05, 4.69) is 17.2 Å². The lowest BCUT2D eigenvalue weighted by atomic mass is 10.1. The lowest BCUT2D eigenvalue weighted by Crippen LogP contribution is -2.18. The fraction of sp³-hybridized carbons (Fsp3) is 0.375. The summed E-state index contributed by atoms with van der Waals surface area (Å²) in [6.07, 6.45) is 1.56. The van der Waals surface area contributed by atoms with Crippen molar-refractivity contribution in [3.8, 4) is 0 Å². The normalized spacial score (nSPS) is 13.8. The molecule has 4 nitrogen and oxygen atoms in total. The number of aromatic nitrogens is 2. The molecule has 0 saturated carbocycles. The topological polar surface area (TPSA) is 47.0 Å². The molecule has 21 heavy (non-hydrogen) atoms. The second-order valence-electron chi connectivity index (χ2n) is 5.05. The highest BCUT2D eigenvalue weighted by molar-refractivity contribution is 6.30. The number of nitrogens with one attached hydrogen (secondary N) is 1. The summed E-state index contributed by atoms with van der Waals surface area (Å²) in [6, 6.07) is 7.82. The number of nitrogens with zero attached hydrogens (tertiary/aromatic N) is 2. The molecule has 0 atom stereocenters. The molecular weight excluding hydrogens is 286 g/mol. The Labute approximate surface area is 129 Å². The van der Waals surface area contributed by atoms with Gasteiger partial charge in [-0.2, -0.15) is 0 Å². The first-order valence-electron chi connectivity index (χ1n) is 7.21. The van der Waals surface area contributed by atoms with Crippen molar-refractivity contribution < 1.29 is 4.74 Å². The molecule has 0 amide bonds. The molecule has 1 aliphatic heterocycles. The second-order valence-corrected chi connectivity index (χ2v) is 5.49. The van der Waals surface area contributed by atoms with Gasteiger partial charge in [-0.3, -0.25) is 0 Å². The highest BCUT2D eigenvalue weighted by atomic mass is 35.5. The zero-order valence-electron chi connectivity index (χ0n) is 12.0. The van der Waals surface area contributed by atoms with Gasteiger partial charge in [-0.25, -0.2) is 9.97 Å². The van der Waals surface area contributed by atoms with Crippen LogP contribution in [0, 0.1) is 0 Å². The Kier molecular flexibility index (Phi) is 4.36. The van der Waals surface area contributed by atoms with Gasteiger partial charge in [-0.15, -0.1) is 0 Å². The van der Waals surface area contributed by atoms with E-state index in [-0.39, 0.29) is 0 Å². The summed E-state index contributed by atoms with van der Waals surface area (Å²) in [7, 11) is 0. The van der Waals surface area contributed by atoms with Crippen LogP contribution >= 0.6 is 11.6 Å². The van der Waals surface area contributed by atoms with Crippen molar-refractivity contribution in [1.29, 1.82) is 0 Å². The Hall–Kier alpha value is -1.65. The van der Waals surface area contributed by atoms with Gasteiger partial charge < -0.3 is 10.1 Å². The van der Waals surface area contributed by atoms with Crippen LogP contribution in [0.3, 0.4) is 0 Å². The molecule has 2 heterocycles. The molecule has 110 valence electrons. The van der Waals surface area contributed by atoms with Crippen molar-refractivity contribution in [3.05, 3.63) is 51.9 Å². The predicted molar refractivity (Wildman–Crippen MR) is 83.8 cm³/mol. The molecule has 1 aromatic carbocycles. The smallest absolute Gasteiger partial charge is 0.135 e. The number of rotatable bonds is 4. The van der Waals surface area contributed by atoms with E-state index in [4.69, 9.17) is 21.3 Å². The van der Waals surface area contributed by atoms with E-state index in [1.807, 2.05) is 24.3 Å². The standard InChI is InChI=1S/C16H18ClN3O/c1-2-18-16-13-10-21-8-7-14(13)19-15(20-16)9-11-3-5-12(17)6-4-11/h3-6H,2,7-10H2,1H3,(H,18,19,20). The highest BCUT2D eigenvalue weighted by Crippen LogP contribution is 2.23. The van der Waals surface area contributed by atoms with Gasteiger partial charge in [0.05, 0.1) is 18.9 Å². The van der Waals surface area contributed by atoms with E-state index in [1.165, 1.54) is 0 Å². The molecule has 1 N–H and O–H groups in total. The van der Waals surface area contributed by atoms with Gasteiger partial charge in [0, 0.05) is 30.0 Å². The molecule has 0 saturated heterocycles. The number of benzene rings is 1. The third-order valence-corrected chi connectivity index (χ3v) is 3.74. The lowest BCUT2D eigenvalue weighted by Gasteiger charge is -2.20. The largest absolute Gasteiger partial charge is 0.376 e. The van der Waals surface area contributed by atoms with Crippen molar-refractivity contribution >= 4 is 17.4 Å². The van der Waals surface area contributed by atoms with Gasteiger partial charge in [0.25, 0.3) is 0 Å². The highest BCUT2D eigenvalue weighted by Gasteiger charge is 2.18. The van der Waals surface area contributed by atoms with E-state index in [1.54, 1.807) is 0 Å². The number of halogens is 1. The van der Waals surface area contributed by atoms with Crippen LogP contribution in [-0.2, 0) is 24.2 Å². The van der Waals surface area contributed by atoms with E-state index in [0.717, 1.165) is 53.1 Å². The van der Waals surface area contributed by atoms with Crippen LogP contribution < -0.4 is 5.32 Å². The van der Waals surface area contributed by atoms with E-state index < -0.39 is 0 Å².